The molecule has 0 atom stereocenters. The first-order chi connectivity index (χ1) is 23.1. The zero-order valence-electron chi connectivity index (χ0n) is 29.8. The largest absolute Gasteiger partial charge is 0.310 e. The summed E-state index contributed by atoms with van der Waals surface area (Å²) in [5.74, 6) is 0.937. The van der Waals surface area contributed by atoms with E-state index in [1.165, 1.54) is 44.5 Å². The highest BCUT2D eigenvalue weighted by Crippen LogP contribution is 2.44. The summed E-state index contributed by atoms with van der Waals surface area (Å²) < 4.78 is 0. The Morgan fingerprint density at radius 2 is 0.729 bits per heavy atom. The molecular weight excluding hydrogens is 581 g/mol. The normalized spacial score (nSPS) is 11.3. The molecule has 0 heterocycles. The van der Waals surface area contributed by atoms with Crippen molar-refractivity contribution in [1.82, 2.24) is 0 Å². The van der Waals surface area contributed by atoms with Gasteiger partial charge in [-0.3, -0.25) is 0 Å². The molecule has 0 saturated carbocycles. The van der Waals surface area contributed by atoms with Crippen LogP contribution >= 0.6 is 0 Å². The van der Waals surface area contributed by atoms with Gasteiger partial charge in [0.05, 0.1) is 0 Å². The highest BCUT2D eigenvalue weighted by molar-refractivity contribution is 5.87. The summed E-state index contributed by atoms with van der Waals surface area (Å²) in [5, 5.41) is 0. The second kappa shape index (κ2) is 14.0. The van der Waals surface area contributed by atoms with Crippen molar-refractivity contribution in [2.75, 3.05) is 9.80 Å². The van der Waals surface area contributed by atoms with Crippen LogP contribution in [0.25, 0.3) is 11.1 Å². The lowest BCUT2D eigenvalue weighted by Crippen LogP contribution is -2.14. The predicted molar refractivity (Wildman–Crippen MR) is 208 cm³/mol. The molecule has 0 unspecified atom stereocenters. The molecule has 0 aliphatic heterocycles. The molecule has 6 rings (SSSR count). The van der Waals surface area contributed by atoms with Crippen LogP contribution in [0.1, 0.15) is 72.9 Å². The minimum Gasteiger partial charge on any atom is -0.310 e. The molecular formula is C46H48N2. The second-order valence-electron chi connectivity index (χ2n) is 13.8. The van der Waals surface area contributed by atoms with Crippen LogP contribution in [-0.2, 0) is 0 Å². The predicted octanol–water partition coefficient (Wildman–Crippen LogP) is 13.8. The molecule has 2 nitrogen and oxygen atoms in total. The SMILES string of the molecule is Cc1ccc(N(c2ccc(C(C)C)cc2)c2cc(-c3ccccc3)cc(N(c3ccc(C(C)C)cc3)c3ccc(C)c(C)c3)c2)cc1C. The molecule has 2 heteroatoms. The third kappa shape index (κ3) is 6.94. The van der Waals surface area contributed by atoms with E-state index in [2.05, 4.69) is 199 Å². The van der Waals surface area contributed by atoms with Crippen LogP contribution in [-0.4, -0.2) is 0 Å². The van der Waals surface area contributed by atoms with Crippen molar-refractivity contribution in [1.29, 1.82) is 0 Å². The quantitative estimate of drug-likeness (QED) is 0.157. The lowest BCUT2D eigenvalue weighted by Gasteiger charge is -2.31. The fourth-order valence-electron chi connectivity index (χ4n) is 6.29. The third-order valence-corrected chi connectivity index (χ3v) is 9.66. The maximum atomic E-state index is 2.41. The Hall–Kier alpha value is -5.08. The van der Waals surface area contributed by atoms with E-state index in [0.29, 0.717) is 11.8 Å². The van der Waals surface area contributed by atoms with Crippen LogP contribution in [0.2, 0.25) is 0 Å². The Morgan fingerprint density at radius 3 is 1.10 bits per heavy atom. The molecule has 0 aromatic heterocycles. The fraction of sp³-hybridized carbons (Fsp3) is 0.217. The Kier molecular flexibility index (Phi) is 9.55. The number of aryl methyl sites for hydroxylation is 4. The molecule has 48 heavy (non-hydrogen) atoms. The molecule has 0 saturated heterocycles. The number of benzene rings is 6. The Balaban J connectivity index is 1.63. The van der Waals surface area contributed by atoms with E-state index in [1.54, 1.807) is 0 Å². The number of hydrogen-bond acceptors (Lipinski definition) is 2. The van der Waals surface area contributed by atoms with Crippen molar-refractivity contribution in [2.45, 2.75) is 67.2 Å². The average molecular weight is 629 g/mol. The number of nitrogens with zero attached hydrogens (tertiary/aromatic N) is 2. The maximum absolute atomic E-state index is 2.41. The van der Waals surface area contributed by atoms with E-state index in [9.17, 15) is 0 Å². The topological polar surface area (TPSA) is 6.48 Å². The summed E-state index contributed by atoms with van der Waals surface area (Å²) in [7, 11) is 0. The van der Waals surface area contributed by atoms with Gasteiger partial charge in [0.1, 0.15) is 0 Å². The van der Waals surface area contributed by atoms with Gasteiger partial charge in [-0.25, -0.2) is 0 Å². The van der Waals surface area contributed by atoms with Gasteiger partial charge in [0, 0.05) is 34.1 Å². The second-order valence-corrected chi connectivity index (χ2v) is 13.8. The third-order valence-electron chi connectivity index (χ3n) is 9.66. The molecule has 0 amide bonds. The van der Waals surface area contributed by atoms with Crippen molar-refractivity contribution in [2.24, 2.45) is 0 Å². The minimum atomic E-state index is 0.468. The van der Waals surface area contributed by atoms with Crippen molar-refractivity contribution >= 4 is 34.1 Å². The van der Waals surface area contributed by atoms with Gasteiger partial charge in [-0.15, -0.1) is 0 Å². The van der Waals surface area contributed by atoms with E-state index in [4.69, 9.17) is 0 Å². The Morgan fingerprint density at radius 1 is 0.333 bits per heavy atom. The first-order valence-electron chi connectivity index (χ1n) is 17.2. The maximum Gasteiger partial charge on any atom is 0.0488 e. The van der Waals surface area contributed by atoms with Gasteiger partial charge in [0.25, 0.3) is 0 Å². The van der Waals surface area contributed by atoms with Gasteiger partial charge in [0.15, 0.2) is 0 Å². The van der Waals surface area contributed by atoms with E-state index >= 15 is 0 Å². The standard InChI is InChI=1S/C46H48N2/c1-31(2)37-16-22-41(23-17-37)47(43-20-14-33(5)35(7)26-43)45-28-40(39-12-10-9-11-13-39)29-46(30-45)48(44-21-15-34(6)36(8)27-44)42-24-18-38(19-25-42)32(3)4/h9-32H,1-8H3. The summed E-state index contributed by atoms with van der Waals surface area (Å²) >= 11 is 0. The summed E-state index contributed by atoms with van der Waals surface area (Å²) in [6.45, 7) is 17.8. The first kappa shape index (κ1) is 32.8. The molecule has 0 aliphatic rings. The molecule has 0 aliphatic carbocycles. The smallest absolute Gasteiger partial charge is 0.0488 e. The van der Waals surface area contributed by atoms with Gasteiger partial charge in [-0.2, -0.15) is 0 Å². The van der Waals surface area contributed by atoms with E-state index < -0.39 is 0 Å². The monoisotopic (exact) mass is 628 g/mol. The van der Waals surface area contributed by atoms with Crippen LogP contribution in [0.15, 0.2) is 133 Å². The number of anilines is 6. The molecule has 0 bridgehead atoms. The Labute approximate surface area is 288 Å². The van der Waals surface area contributed by atoms with Crippen LogP contribution in [0.3, 0.4) is 0 Å². The number of rotatable bonds is 9. The van der Waals surface area contributed by atoms with Crippen molar-refractivity contribution in [3.63, 3.8) is 0 Å². The lowest BCUT2D eigenvalue weighted by molar-refractivity contribution is 0.866. The minimum absolute atomic E-state index is 0.468. The van der Waals surface area contributed by atoms with Gasteiger partial charge in [-0.05, 0) is 151 Å². The van der Waals surface area contributed by atoms with E-state index in [0.717, 1.165) is 34.1 Å². The number of hydrogen-bond donors (Lipinski definition) is 0. The highest BCUT2D eigenvalue weighted by atomic mass is 15.2. The van der Waals surface area contributed by atoms with Crippen molar-refractivity contribution in [3.05, 3.63) is 167 Å². The van der Waals surface area contributed by atoms with Gasteiger partial charge < -0.3 is 9.80 Å². The molecule has 242 valence electrons. The van der Waals surface area contributed by atoms with Crippen LogP contribution in [0.4, 0.5) is 34.1 Å². The molecule has 6 aromatic carbocycles. The van der Waals surface area contributed by atoms with E-state index in [-0.39, 0.29) is 0 Å². The summed E-state index contributed by atoms with van der Waals surface area (Å²) in [6, 6.07) is 49.5. The van der Waals surface area contributed by atoms with E-state index in [1.807, 2.05) is 0 Å². The molecule has 0 spiro atoms. The zero-order valence-corrected chi connectivity index (χ0v) is 29.8. The summed E-state index contributed by atoms with van der Waals surface area (Å²) in [5.41, 5.74) is 16.9. The van der Waals surface area contributed by atoms with Gasteiger partial charge in [-0.1, -0.05) is 94.4 Å². The Bertz CT molecular complexity index is 1880. The fourth-order valence-corrected chi connectivity index (χ4v) is 6.29. The average Bonchev–Trinajstić information content (AvgIpc) is 3.09. The molecule has 0 radical (unpaired) electrons. The van der Waals surface area contributed by atoms with Gasteiger partial charge >= 0.3 is 0 Å². The lowest BCUT2D eigenvalue weighted by atomic mass is 9.99. The molecule has 0 fully saturated rings. The summed E-state index contributed by atoms with van der Waals surface area (Å²) in [6.07, 6.45) is 0. The van der Waals surface area contributed by atoms with Crippen LogP contribution in [0.5, 0.6) is 0 Å². The summed E-state index contributed by atoms with van der Waals surface area (Å²) in [4.78, 5) is 4.82. The molecule has 6 aromatic rings. The van der Waals surface area contributed by atoms with Crippen LogP contribution < -0.4 is 9.80 Å². The zero-order chi connectivity index (χ0) is 33.9. The first-order valence-corrected chi connectivity index (χ1v) is 17.2. The van der Waals surface area contributed by atoms with Gasteiger partial charge in [0.2, 0.25) is 0 Å². The van der Waals surface area contributed by atoms with Crippen LogP contribution in [0, 0.1) is 27.7 Å². The van der Waals surface area contributed by atoms with Crippen molar-refractivity contribution < 1.29 is 0 Å². The highest BCUT2D eigenvalue weighted by Gasteiger charge is 2.20. The van der Waals surface area contributed by atoms with Crippen molar-refractivity contribution in [3.8, 4) is 11.1 Å². The molecule has 0 N–H and O–H groups in total.